The molecule has 10 heteroatoms. The molecular weight excluding hydrogens is 300 g/mol. The van der Waals surface area contributed by atoms with Gasteiger partial charge in [-0.3, -0.25) is 4.79 Å². The predicted octanol–water partition coefficient (Wildman–Crippen LogP) is 1.90. The molecule has 0 unspecified atom stereocenters. The lowest BCUT2D eigenvalue weighted by Gasteiger charge is -2.15. The van der Waals surface area contributed by atoms with Crippen LogP contribution in [0.2, 0.25) is 0 Å². The van der Waals surface area contributed by atoms with Gasteiger partial charge in [0.25, 0.3) is 5.91 Å². The van der Waals surface area contributed by atoms with E-state index in [1.165, 1.54) is 12.4 Å². The van der Waals surface area contributed by atoms with Crippen molar-refractivity contribution in [3.8, 4) is 0 Å². The maximum Gasteiger partial charge on any atom is 0.324 e. The molecule has 0 aliphatic heterocycles. The van der Waals surface area contributed by atoms with Crippen molar-refractivity contribution in [1.82, 2.24) is 15.3 Å². The minimum Gasteiger partial charge on any atom is -0.396 e. The zero-order valence-electron chi connectivity index (χ0n) is 9.74. The van der Waals surface area contributed by atoms with E-state index in [0.717, 1.165) is 11.3 Å². The van der Waals surface area contributed by atoms with Gasteiger partial charge in [0.2, 0.25) is 0 Å². The van der Waals surface area contributed by atoms with Crippen LogP contribution in [0.5, 0.6) is 0 Å². The highest BCUT2D eigenvalue weighted by Gasteiger charge is 2.41. The third-order valence-corrected chi connectivity index (χ3v) is 3.47. The van der Waals surface area contributed by atoms with E-state index in [0.29, 0.717) is 4.83 Å². The number of alkyl halides is 4. The van der Waals surface area contributed by atoms with E-state index >= 15 is 0 Å². The predicted molar refractivity (Wildman–Crippen MR) is 65.1 cm³/mol. The van der Waals surface area contributed by atoms with Gasteiger partial charge in [0.1, 0.15) is 15.2 Å². The number of carbonyl (C=O) groups excluding carboxylic acids is 1. The lowest BCUT2D eigenvalue weighted by Crippen LogP contribution is -2.41. The first-order valence-electron chi connectivity index (χ1n) is 5.26. The number of fused-ring (bicyclic) bond motifs is 1. The van der Waals surface area contributed by atoms with Crippen molar-refractivity contribution in [2.24, 2.45) is 0 Å². The summed E-state index contributed by atoms with van der Waals surface area (Å²) in [5.74, 6) is -5.26. The molecule has 2 rings (SSSR count). The second-order valence-corrected chi connectivity index (χ2v) is 4.80. The Bertz CT molecular complexity index is 645. The van der Waals surface area contributed by atoms with E-state index in [4.69, 9.17) is 5.73 Å². The molecule has 5 nitrogen and oxygen atoms in total. The van der Waals surface area contributed by atoms with Gasteiger partial charge in [0, 0.05) is 12.4 Å². The Morgan fingerprint density at radius 3 is 2.65 bits per heavy atom. The van der Waals surface area contributed by atoms with Crippen LogP contribution >= 0.6 is 11.3 Å². The van der Waals surface area contributed by atoms with Gasteiger partial charge >= 0.3 is 12.3 Å². The highest BCUT2D eigenvalue weighted by Crippen LogP contribution is 2.30. The number of thiophene rings is 1. The van der Waals surface area contributed by atoms with Gasteiger partial charge in [-0.15, -0.1) is 11.3 Å². The first-order chi connectivity index (χ1) is 9.33. The SMILES string of the molecule is Nc1c(C(=O)NCC(F)(F)C(F)F)sc2nccnc12. The summed E-state index contributed by atoms with van der Waals surface area (Å²) in [6.45, 7) is -1.47. The first-order valence-corrected chi connectivity index (χ1v) is 6.07. The number of nitrogen functional groups attached to an aromatic ring is 1. The van der Waals surface area contributed by atoms with E-state index < -0.39 is 24.8 Å². The average molecular weight is 308 g/mol. The van der Waals surface area contributed by atoms with Crippen LogP contribution in [0, 0.1) is 0 Å². The molecule has 2 aromatic heterocycles. The topological polar surface area (TPSA) is 80.9 Å². The second-order valence-electron chi connectivity index (χ2n) is 3.80. The maximum absolute atomic E-state index is 12.7. The molecule has 0 saturated carbocycles. The third kappa shape index (κ3) is 2.64. The zero-order chi connectivity index (χ0) is 14.9. The minimum absolute atomic E-state index is 0.0176. The summed E-state index contributed by atoms with van der Waals surface area (Å²) in [6, 6.07) is 0. The first kappa shape index (κ1) is 14.4. The molecule has 0 fully saturated rings. The second kappa shape index (κ2) is 5.19. The number of amides is 1. The number of anilines is 1. The number of nitrogens with zero attached hydrogens (tertiary/aromatic N) is 2. The molecule has 2 heterocycles. The molecule has 20 heavy (non-hydrogen) atoms. The van der Waals surface area contributed by atoms with Crippen LogP contribution in [-0.4, -0.2) is 34.8 Å². The molecule has 0 bridgehead atoms. The fourth-order valence-electron chi connectivity index (χ4n) is 1.37. The summed E-state index contributed by atoms with van der Waals surface area (Å²) in [4.78, 5) is 19.8. The maximum atomic E-state index is 12.7. The number of nitrogens with one attached hydrogen (secondary N) is 1. The normalized spacial score (nSPS) is 12.1. The van der Waals surface area contributed by atoms with E-state index in [2.05, 4.69) is 9.97 Å². The molecule has 108 valence electrons. The highest BCUT2D eigenvalue weighted by molar-refractivity contribution is 7.21. The Labute approximate surface area is 113 Å². The molecule has 1 amide bonds. The van der Waals surface area contributed by atoms with Gasteiger partial charge in [0.15, 0.2) is 0 Å². The van der Waals surface area contributed by atoms with Gasteiger partial charge in [-0.25, -0.2) is 18.7 Å². The number of rotatable bonds is 4. The molecule has 0 aliphatic carbocycles. The van der Waals surface area contributed by atoms with Crippen molar-refractivity contribution >= 4 is 33.3 Å². The Kier molecular flexibility index (Phi) is 3.75. The van der Waals surface area contributed by atoms with Crippen LogP contribution in [0.4, 0.5) is 23.2 Å². The third-order valence-electron chi connectivity index (χ3n) is 2.37. The zero-order valence-corrected chi connectivity index (χ0v) is 10.6. The summed E-state index contributed by atoms with van der Waals surface area (Å²) in [5.41, 5.74) is 5.90. The lowest BCUT2D eigenvalue weighted by atomic mass is 10.3. The molecule has 3 N–H and O–H groups in total. The van der Waals surface area contributed by atoms with E-state index in [-0.39, 0.29) is 16.1 Å². The Morgan fingerprint density at radius 2 is 2.05 bits per heavy atom. The van der Waals surface area contributed by atoms with Crippen molar-refractivity contribution in [2.45, 2.75) is 12.3 Å². The molecule has 2 aromatic rings. The molecule has 0 aliphatic rings. The minimum atomic E-state index is -4.29. The summed E-state index contributed by atoms with van der Waals surface area (Å²) in [5, 5.41) is 1.73. The monoisotopic (exact) mass is 308 g/mol. The molecule has 0 saturated heterocycles. The number of carbonyl (C=O) groups is 1. The molecule has 0 radical (unpaired) electrons. The number of hydrogen-bond donors (Lipinski definition) is 2. The summed E-state index contributed by atoms with van der Waals surface area (Å²) < 4.78 is 49.4. The lowest BCUT2D eigenvalue weighted by molar-refractivity contribution is -0.123. The van der Waals surface area contributed by atoms with Crippen LogP contribution in [-0.2, 0) is 0 Å². The number of aromatic nitrogens is 2. The highest BCUT2D eigenvalue weighted by atomic mass is 32.1. The van der Waals surface area contributed by atoms with Crippen molar-refractivity contribution < 1.29 is 22.4 Å². The van der Waals surface area contributed by atoms with E-state index in [1.807, 2.05) is 0 Å². The van der Waals surface area contributed by atoms with Crippen LogP contribution in [0.25, 0.3) is 10.3 Å². The standard InChI is InChI=1S/C10H8F4N4OS/c11-9(12)10(13,14)3-18-7(19)6-4(15)5-8(20-6)17-2-1-16-5/h1-2,9H,3,15H2,(H,18,19). The Balaban J connectivity index is 2.18. The number of halogens is 4. The fourth-order valence-corrected chi connectivity index (χ4v) is 2.31. The Hall–Kier alpha value is -1.97. The number of nitrogens with two attached hydrogens (primary N) is 1. The molecule has 0 spiro atoms. The smallest absolute Gasteiger partial charge is 0.324 e. The molecule has 0 aromatic carbocycles. The van der Waals surface area contributed by atoms with Crippen LogP contribution in [0.1, 0.15) is 9.67 Å². The quantitative estimate of drug-likeness (QED) is 0.845. The van der Waals surface area contributed by atoms with Crippen molar-refractivity contribution in [3.05, 3.63) is 17.3 Å². The molecular formula is C10H8F4N4OS. The summed E-state index contributed by atoms with van der Waals surface area (Å²) in [6.07, 6.45) is -1.12. The largest absolute Gasteiger partial charge is 0.396 e. The Morgan fingerprint density at radius 1 is 1.40 bits per heavy atom. The number of hydrogen-bond acceptors (Lipinski definition) is 5. The summed E-state index contributed by atoms with van der Waals surface area (Å²) in [7, 11) is 0. The van der Waals surface area contributed by atoms with Crippen molar-refractivity contribution in [2.75, 3.05) is 12.3 Å². The molecule has 0 atom stereocenters. The van der Waals surface area contributed by atoms with E-state index in [9.17, 15) is 22.4 Å². The van der Waals surface area contributed by atoms with Gasteiger partial charge in [-0.05, 0) is 0 Å². The van der Waals surface area contributed by atoms with Gasteiger partial charge in [0.05, 0.1) is 12.2 Å². The van der Waals surface area contributed by atoms with Gasteiger partial charge in [-0.2, -0.15) is 8.78 Å². The summed E-state index contributed by atoms with van der Waals surface area (Å²) >= 11 is 0.848. The fraction of sp³-hybridized carbons (Fsp3) is 0.300. The van der Waals surface area contributed by atoms with E-state index in [1.54, 1.807) is 5.32 Å². The van der Waals surface area contributed by atoms with Crippen molar-refractivity contribution in [3.63, 3.8) is 0 Å². The van der Waals surface area contributed by atoms with Crippen LogP contribution in [0.3, 0.4) is 0 Å². The van der Waals surface area contributed by atoms with Gasteiger partial charge in [-0.1, -0.05) is 0 Å². The van der Waals surface area contributed by atoms with Crippen molar-refractivity contribution in [1.29, 1.82) is 0 Å². The van der Waals surface area contributed by atoms with Gasteiger partial charge < -0.3 is 11.1 Å². The average Bonchev–Trinajstić information content (AvgIpc) is 2.74. The van der Waals surface area contributed by atoms with Crippen LogP contribution in [0.15, 0.2) is 12.4 Å². The van der Waals surface area contributed by atoms with Crippen LogP contribution < -0.4 is 11.1 Å².